The molecule has 0 fully saturated rings. The Bertz CT molecular complexity index is 737. The first-order valence-electron chi connectivity index (χ1n) is 6.77. The van der Waals surface area contributed by atoms with Gasteiger partial charge in [0.05, 0.1) is 16.1 Å². The van der Waals surface area contributed by atoms with Crippen LogP contribution in [0.2, 0.25) is 10.0 Å². The van der Waals surface area contributed by atoms with Gasteiger partial charge in [0.25, 0.3) is 0 Å². The number of rotatable bonds is 4. The van der Waals surface area contributed by atoms with Crippen molar-refractivity contribution in [2.24, 2.45) is 0 Å². The molecule has 1 unspecified atom stereocenters. The maximum absolute atomic E-state index is 11.2. The number of nitrogens with two attached hydrogens (primary N) is 1. The quantitative estimate of drug-likeness (QED) is 0.754. The van der Waals surface area contributed by atoms with E-state index in [9.17, 15) is 4.79 Å². The van der Waals surface area contributed by atoms with E-state index in [1.165, 1.54) is 11.9 Å². The Morgan fingerprint density at radius 1 is 1.22 bits per heavy atom. The maximum atomic E-state index is 11.2. The predicted octanol–water partition coefficient (Wildman–Crippen LogP) is 5.04. The van der Waals surface area contributed by atoms with Gasteiger partial charge in [-0.1, -0.05) is 23.2 Å². The number of carboxylic acid groups (broad SMARTS) is 1. The topological polar surface area (TPSA) is 75.8 Å². The van der Waals surface area contributed by atoms with Crippen molar-refractivity contribution in [3.8, 4) is 11.5 Å². The third kappa shape index (κ3) is 4.00. The number of anilines is 1. The van der Waals surface area contributed by atoms with E-state index in [1.54, 1.807) is 43.3 Å². The molecule has 0 bridgehead atoms. The number of carbonyl (C=O) groups is 1. The first-order chi connectivity index (χ1) is 10.8. The molecule has 2 rings (SSSR count). The average molecular weight is 355 g/mol. The highest BCUT2D eigenvalue weighted by Gasteiger charge is 2.20. The molecule has 0 heterocycles. The SMILES string of the molecule is CC(c1cc(N)ccc1Oc1ccc(Cl)c(Cl)c1)N(C)C(=O)O. The Morgan fingerprint density at radius 3 is 2.52 bits per heavy atom. The first kappa shape index (κ1) is 17.2. The zero-order valence-corrected chi connectivity index (χ0v) is 14.1. The van der Waals surface area contributed by atoms with Gasteiger partial charge in [-0.15, -0.1) is 0 Å². The summed E-state index contributed by atoms with van der Waals surface area (Å²) in [6, 6.07) is 9.53. The van der Waals surface area contributed by atoms with E-state index in [-0.39, 0.29) is 0 Å². The minimum absolute atomic E-state index is 0.372. The van der Waals surface area contributed by atoms with Crippen LogP contribution >= 0.6 is 23.2 Å². The van der Waals surface area contributed by atoms with Crippen LogP contribution in [0, 0.1) is 0 Å². The molecule has 2 aromatic carbocycles. The highest BCUT2D eigenvalue weighted by atomic mass is 35.5. The molecule has 0 saturated carbocycles. The van der Waals surface area contributed by atoms with Gasteiger partial charge in [-0.2, -0.15) is 0 Å². The summed E-state index contributed by atoms with van der Waals surface area (Å²) in [6.45, 7) is 1.75. The molecule has 0 saturated heterocycles. The summed E-state index contributed by atoms with van der Waals surface area (Å²) in [5.41, 5.74) is 6.99. The number of halogens is 2. The van der Waals surface area contributed by atoms with Gasteiger partial charge in [0, 0.05) is 24.4 Å². The van der Waals surface area contributed by atoms with Gasteiger partial charge in [-0.25, -0.2) is 4.79 Å². The summed E-state index contributed by atoms with van der Waals surface area (Å²) in [4.78, 5) is 12.3. The molecule has 0 aliphatic heterocycles. The summed E-state index contributed by atoms with van der Waals surface area (Å²) in [5, 5.41) is 9.95. The molecule has 23 heavy (non-hydrogen) atoms. The van der Waals surface area contributed by atoms with E-state index >= 15 is 0 Å². The van der Waals surface area contributed by atoms with Crippen molar-refractivity contribution >= 4 is 35.0 Å². The lowest BCUT2D eigenvalue weighted by Crippen LogP contribution is -2.28. The fraction of sp³-hybridized carbons (Fsp3) is 0.188. The zero-order chi connectivity index (χ0) is 17.1. The molecule has 0 radical (unpaired) electrons. The number of benzene rings is 2. The van der Waals surface area contributed by atoms with Gasteiger partial charge < -0.3 is 20.5 Å². The van der Waals surface area contributed by atoms with Crippen LogP contribution in [0.3, 0.4) is 0 Å². The predicted molar refractivity (Wildman–Crippen MR) is 91.6 cm³/mol. The van der Waals surface area contributed by atoms with E-state index in [1.807, 2.05) is 0 Å². The molecule has 1 amide bonds. The van der Waals surface area contributed by atoms with Crippen molar-refractivity contribution in [2.45, 2.75) is 13.0 Å². The van der Waals surface area contributed by atoms with Crippen molar-refractivity contribution in [3.05, 3.63) is 52.0 Å². The molecule has 7 heteroatoms. The minimum atomic E-state index is -1.04. The molecule has 0 spiro atoms. The number of ether oxygens (including phenoxy) is 1. The van der Waals surface area contributed by atoms with Crippen molar-refractivity contribution in [3.63, 3.8) is 0 Å². The fourth-order valence-electron chi connectivity index (χ4n) is 2.03. The monoisotopic (exact) mass is 354 g/mol. The highest BCUT2D eigenvalue weighted by Crippen LogP contribution is 2.35. The van der Waals surface area contributed by atoms with Crippen LogP contribution in [-0.2, 0) is 0 Å². The summed E-state index contributed by atoms with van der Waals surface area (Å²) in [5.74, 6) is 0.994. The molecule has 3 N–H and O–H groups in total. The lowest BCUT2D eigenvalue weighted by Gasteiger charge is -2.24. The Hall–Kier alpha value is -2.11. The Labute approximate surface area is 144 Å². The third-order valence-electron chi connectivity index (χ3n) is 3.49. The number of hydrogen-bond acceptors (Lipinski definition) is 3. The summed E-state index contributed by atoms with van der Waals surface area (Å²) in [7, 11) is 1.49. The van der Waals surface area contributed by atoms with E-state index in [0.717, 1.165) is 0 Å². The highest BCUT2D eigenvalue weighted by molar-refractivity contribution is 6.42. The second kappa shape index (κ2) is 6.98. The van der Waals surface area contributed by atoms with Gasteiger partial charge in [-0.3, -0.25) is 0 Å². The van der Waals surface area contributed by atoms with Crippen molar-refractivity contribution in [1.82, 2.24) is 4.90 Å². The van der Waals surface area contributed by atoms with Gasteiger partial charge in [0.1, 0.15) is 11.5 Å². The largest absolute Gasteiger partial charge is 0.465 e. The van der Waals surface area contributed by atoms with Crippen LogP contribution in [0.4, 0.5) is 10.5 Å². The lowest BCUT2D eigenvalue weighted by atomic mass is 10.1. The standard InChI is InChI=1S/C16H16Cl2N2O3/c1-9(20(2)16(21)22)12-7-10(19)3-6-15(12)23-11-4-5-13(17)14(18)8-11/h3-9H,19H2,1-2H3,(H,21,22). The van der Waals surface area contributed by atoms with Crippen LogP contribution < -0.4 is 10.5 Å². The van der Waals surface area contributed by atoms with Gasteiger partial charge in [0.2, 0.25) is 0 Å². The third-order valence-corrected chi connectivity index (χ3v) is 4.22. The molecule has 0 aliphatic carbocycles. The lowest BCUT2D eigenvalue weighted by molar-refractivity contribution is 0.141. The zero-order valence-electron chi connectivity index (χ0n) is 12.6. The summed E-state index contributed by atoms with van der Waals surface area (Å²) in [6.07, 6.45) is -1.04. The van der Waals surface area contributed by atoms with E-state index < -0.39 is 12.1 Å². The van der Waals surface area contributed by atoms with E-state index in [0.29, 0.717) is 32.8 Å². The Balaban J connectivity index is 2.38. The maximum Gasteiger partial charge on any atom is 0.407 e. The smallest absolute Gasteiger partial charge is 0.407 e. The van der Waals surface area contributed by atoms with Crippen LogP contribution in [0.1, 0.15) is 18.5 Å². The molecule has 122 valence electrons. The summed E-state index contributed by atoms with van der Waals surface area (Å²) >= 11 is 11.9. The van der Waals surface area contributed by atoms with Crippen LogP contribution in [0.25, 0.3) is 0 Å². The fourth-order valence-corrected chi connectivity index (χ4v) is 2.32. The normalized spacial score (nSPS) is 11.8. The van der Waals surface area contributed by atoms with Crippen molar-refractivity contribution in [1.29, 1.82) is 0 Å². The molecule has 1 atom stereocenters. The van der Waals surface area contributed by atoms with Gasteiger partial charge in [-0.05, 0) is 37.3 Å². The van der Waals surface area contributed by atoms with Crippen LogP contribution in [0.5, 0.6) is 11.5 Å². The Kier molecular flexibility index (Phi) is 5.23. The van der Waals surface area contributed by atoms with Crippen LogP contribution in [0.15, 0.2) is 36.4 Å². The van der Waals surface area contributed by atoms with Crippen molar-refractivity contribution in [2.75, 3.05) is 12.8 Å². The van der Waals surface area contributed by atoms with E-state index in [2.05, 4.69) is 0 Å². The number of nitrogen functional groups attached to an aromatic ring is 1. The summed E-state index contributed by atoms with van der Waals surface area (Å²) < 4.78 is 5.83. The van der Waals surface area contributed by atoms with Crippen molar-refractivity contribution < 1.29 is 14.6 Å². The van der Waals surface area contributed by atoms with Gasteiger partial charge in [0.15, 0.2) is 0 Å². The number of amides is 1. The van der Waals surface area contributed by atoms with E-state index in [4.69, 9.17) is 38.8 Å². The Morgan fingerprint density at radius 2 is 1.91 bits per heavy atom. The average Bonchev–Trinajstić information content (AvgIpc) is 2.51. The van der Waals surface area contributed by atoms with Gasteiger partial charge >= 0.3 is 6.09 Å². The second-order valence-corrected chi connectivity index (χ2v) is 5.86. The number of hydrogen-bond donors (Lipinski definition) is 2. The molecule has 0 aromatic heterocycles. The minimum Gasteiger partial charge on any atom is -0.465 e. The molecule has 5 nitrogen and oxygen atoms in total. The molecular formula is C16H16Cl2N2O3. The molecule has 2 aromatic rings. The number of nitrogens with zero attached hydrogens (tertiary/aromatic N) is 1. The van der Waals surface area contributed by atoms with Crippen LogP contribution in [-0.4, -0.2) is 23.1 Å². The molecular weight excluding hydrogens is 339 g/mol. The first-order valence-corrected chi connectivity index (χ1v) is 7.53. The molecule has 0 aliphatic rings. The second-order valence-electron chi connectivity index (χ2n) is 5.04.